The van der Waals surface area contributed by atoms with E-state index in [2.05, 4.69) is 17.6 Å². The number of carbonyl (C=O) groups is 1. The third-order valence-corrected chi connectivity index (χ3v) is 3.78. The summed E-state index contributed by atoms with van der Waals surface area (Å²) in [6, 6.07) is 7.53. The van der Waals surface area contributed by atoms with Gasteiger partial charge in [-0.05, 0) is 31.7 Å². The van der Waals surface area contributed by atoms with Crippen LogP contribution in [0.2, 0.25) is 0 Å². The van der Waals surface area contributed by atoms with Crippen LogP contribution in [0.3, 0.4) is 0 Å². The molecule has 116 valence electrons. The monoisotopic (exact) mass is 292 g/mol. The molecule has 0 radical (unpaired) electrons. The molecule has 2 unspecified atom stereocenters. The minimum absolute atomic E-state index is 0.139. The van der Waals surface area contributed by atoms with Crippen LogP contribution in [0.25, 0.3) is 0 Å². The molecule has 0 saturated carbocycles. The number of carbonyl (C=O) groups excluding carboxylic acids is 1. The summed E-state index contributed by atoms with van der Waals surface area (Å²) in [5, 5.41) is 5.80. The van der Waals surface area contributed by atoms with Crippen LogP contribution in [-0.2, 0) is 11.3 Å². The lowest BCUT2D eigenvalue weighted by Gasteiger charge is -2.27. The zero-order chi connectivity index (χ0) is 15.1. The lowest BCUT2D eigenvalue weighted by atomic mass is 9.96. The number of rotatable bonds is 5. The van der Waals surface area contributed by atoms with Gasteiger partial charge in [0.05, 0.1) is 13.2 Å². The summed E-state index contributed by atoms with van der Waals surface area (Å²) in [6.45, 7) is 4.02. The van der Waals surface area contributed by atoms with Gasteiger partial charge in [0, 0.05) is 25.3 Å². The van der Waals surface area contributed by atoms with Gasteiger partial charge in [-0.15, -0.1) is 0 Å². The highest BCUT2D eigenvalue weighted by molar-refractivity contribution is 5.73. The number of urea groups is 1. The second kappa shape index (κ2) is 7.88. The van der Waals surface area contributed by atoms with Crippen LogP contribution in [0.5, 0.6) is 5.75 Å². The molecule has 0 spiro atoms. The van der Waals surface area contributed by atoms with E-state index in [0.717, 1.165) is 30.8 Å². The predicted octanol–water partition coefficient (Wildman–Crippen LogP) is 2.31. The van der Waals surface area contributed by atoms with Crippen molar-refractivity contribution >= 4 is 6.03 Å². The van der Waals surface area contributed by atoms with E-state index in [1.807, 2.05) is 24.3 Å². The third-order valence-electron chi connectivity index (χ3n) is 3.78. The summed E-state index contributed by atoms with van der Waals surface area (Å²) in [6.07, 6.45) is 2.31. The Morgan fingerprint density at radius 2 is 2.19 bits per heavy atom. The highest BCUT2D eigenvalue weighted by atomic mass is 16.5. The third kappa shape index (κ3) is 4.93. The fraction of sp³-hybridized carbons (Fsp3) is 0.562. The van der Waals surface area contributed by atoms with Gasteiger partial charge in [-0.25, -0.2) is 4.79 Å². The molecule has 0 bridgehead atoms. The Hall–Kier alpha value is -1.75. The first-order valence-electron chi connectivity index (χ1n) is 7.44. The summed E-state index contributed by atoms with van der Waals surface area (Å²) in [5.41, 5.74) is 0.967. The van der Waals surface area contributed by atoms with Crippen molar-refractivity contribution in [2.75, 3.05) is 20.3 Å². The standard InChI is InChI=1S/C16H24N2O3/c1-12-9-13(7-8-21-12)10-17-16(19)18-11-14-5-3-4-6-15(14)20-2/h3-6,12-13H,7-11H2,1-2H3,(H2,17,18,19). The number of methoxy groups -OCH3 is 1. The number of para-hydroxylation sites is 1. The first-order valence-corrected chi connectivity index (χ1v) is 7.44. The maximum absolute atomic E-state index is 11.8. The molecule has 5 heteroatoms. The smallest absolute Gasteiger partial charge is 0.315 e. The van der Waals surface area contributed by atoms with Crippen LogP contribution in [0.4, 0.5) is 4.79 Å². The van der Waals surface area contributed by atoms with E-state index in [1.54, 1.807) is 7.11 Å². The van der Waals surface area contributed by atoms with Gasteiger partial charge in [-0.2, -0.15) is 0 Å². The number of hydrogen-bond donors (Lipinski definition) is 2. The normalized spacial score (nSPS) is 21.6. The molecule has 0 aliphatic carbocycles. The Labute approximate surface area is 126 Å². The molecule has 1 aliphatic heterocycles. The van der Waals surface area contributed by atoms with Crippen LogP contribution in [0, 0.1) is 5.92 Å². The number of nitrogens with one attached hydrogen (secondary N) is 2. The second-order valence-electron chi connectivity index (χ2n) is 5.45. The average molecular weight is 292 g/mol. The van der Waals surface area contributed by atoms with Crippen molar-refractivity contribution in [3.05, 3.63) is 29.8 Å². The van der Waals surface area contributed by atoms with E-state index in [9.17, 15) is 4.79 Å². The molecular formula is C16H24N2O3. The van der Waals surface area contributed by atoms with Crippen LogP contribution in [0.15, 0.2) is 24.3 Å². The van der Waals surface area contributed by atoms with Crippen molar-refractivity contribution < 1.29 is 14.3 Å². The van der Waals surface area contributed by atoms with Crippen molar-refractivity contribution in [2.45, 2.75) is 32.4 Å². The summed E-state index contributed by atoms with van der Waals surface area (Å²) in [7, 11) is 1.63. The maximum Gasteiger partial charge on any atom is 0.315 e. The topological polar surface area (TPSA) is 59.6 Å². The quantitative estimate of drug-likeness (QED) is 0.875. The molecule has 1 heterocycles. The van der Waals surface area contributed by atoms with Gasteiger partial charge < -0.3 is 20.1 Å². The summed E-state index contributed by atoms with van der Waals surface area (Å²) >= 11 is 0. The zero-order valence-corrected chi connectivity index (χ0v) is 12.7. The molecule has 21 heavy (non-hydrogen) atoms. The van der Waals surface area contributed by atoms with E-state index in [0.29, 0.717) is 25.1 Å². The van der Waals surface area contributed by atoms with E-state index >= 15 is 0 Å². The zero-order valence-electron chi connectivity index (χ0n) is 12.7. The molecule has 1 fully saturated rings. The first-order chi connectivity index (χ1) is 10.2. The van der Waals surface area contributed by atoms with Crippen LogP contribution in [0.1, 0.15) is 25.3 Å². The van der Waals surface area contributed by atoms with Crippen molar-refractivity contribution in [2.24, 2.45) is 5.92 Å². The van der Waals surface area contributed by atoms with E-state index < -0.39 is 0 Å². The number of ether oxygens (including phenoxy) is 2. The Bertz CT molecular complexity index is 465. The molecule has 2 amide bonds. The molecule has 2 N–H and O–H groups in total. The molecule has 1 aromatic rings. The highest BCUT2D eigenvalue weighted by Gasteiger charge is 2.19. The fourth-order valence-corrected chi connectivity index (χ4v) is 2.60. The molecule has 1 saturated heterocycles. The van der Waals surface area contributed by atoms with Crippen LogP contribution in [-0.4, -0.2) is 32.4 Å². The van der Waals surface area contributed by atoms with Crippen molar-refractivity contribution in [3.63, 3.8) is 0 Å². The van der Waals surface area contributed by atoms with Crippen LogP contribution >= 0.6 is 0 Å². The molecule has 1 aromatic carbocycles. The van der Waals surface area contributed by atoms with Crippen molar-refractivity contribution in [1.29, 1.82) is 0 Å². The van der Waals surface area contributed by atoms with E-state index in [-0.39, 0.29) is 6.03 Å². The lowest BCUT2D eigenvalue weighted by molar-refractivity contribution is 0.00346. The van der Waals surface area contributed by atoms with Gasteiger partial charge in [0.1, 0.15) is 5.75 Å². The Kier molecular flexibility index (Phi) is 5.87. The number of amides is 2. The van der Waals surface area contributed by atoms with Gasteiger partial charge in [-0.3, -0.25) is 0 Å². The van der Waals surface area contributed by atoms with Crippen molar-refractivity contribution in [3.8, 4) is 5.75 Å². The molecule has 2 rings (SSSR count). The SMILES string of the molecule is COc1ccccc1CNC(=O)NCC1CCOC(C)C1. The number of hydrogen-bond acceptors (Lipinski definition) is 3. The number of benzene rings is 1. The van der Waals surface area contributed by atoms with E-state index in [1.165, 1.54) is 0 Å². The molecular weight excluding hydrogens is 268 g/mol. The minimum atomic E-state index is -0.139. The second-order valence-corrected chi connectivity index (χ2v) is 5.45. The Balaban J connectivity index is 1.72. The summed E-state index contributed by atoms with van der Waals surface area (Å²) in [4.78, 5) is 11.8. The molecule has 0 aromatic heterocycles. The molecule has 2 atom stereocenters. The Morgan fingerprint density at radius 3 is 2.95 bits per heavy atom. The van der Waals surface area contributed by atoms with Gasteiger partial charge in [0.15, 0.2) is 0 Å². The highest BCUT2D eigenvalue weighted by Crippen LogP contribution is 2.19. The van der Waals surface area contributed by atoms with Gasteiger partial charge in [0.25, 0.3) is 0 Å². The minimum Gasteiger partial charge on any atom is -0.496 e. The van der Waals surface area contributed by atoms with E-state index in [4.69, 9.17) is 9.47 Å². The maximum atomic E-state index is 11.8. The molecule has 1 aliphatic rings. The summed E-state index contributed by atoms with van der Waals surface area (Å²) < 4.78 is 10.8. The first kappa shape index (κ1) is 15.6. The summed E-state index contributed by atoms with van der Waals surface area (Å²) in [5.74, 6) is 1.29. The molecule has 5 nitrogen and oxygen atoms in total. The largest absolute Gasteiger partial charge is 0.496 e. The predicted molar refractivity (Wildman–Crippen MR) is 81.4 cm³/mol. The van der Waals surface area contributed by atoms with Gasteiger partial charge in [0.2, 0.25) is 0 Å². The average Bonchev–Trinajstić information content (AvgIpc) is 2.51. The van der Waals surface area contributed by atoms with Gasteiger partial charge in [-0.1, -0.05) is 18.2 Å². The lowest BCUT2D eigenvalue weighted by Crippen LogP contribution is -2.39. The van der Waals surface area contributed by atoms with Gasteiger partial charge >= 0.3 is 6.03 Å². The fourth-order valence-electron chi connectivity index (χ4n) is 2.60. The van der Waals surface area contributed by atoms with Crippen molar-refractivity contribution in [1.82, 2.24) is 10.6 Å². The Morgan fingerprint density at radius 1 is 1.38 bits per heavy atom. The van der Waals surface area contributed by atoms with Crippen LogP contribution < -0.4 is 15.4 Å².